The molecule has 1 aliphatic carbocycles. The second-order valence-corrected chi connectivity index (χ2v) is 8.08. The monoisotopic (exact) mass is 396 g/mol. The van der Waals surface area contributed by atoms with Crippen molar-refractivity contribution in [3.05, 3.63) is 53.3 Å². The molecule has 2 heterocycles. The standard InChI is InChI=1S/C21H20N2O4S/c1-13-6-9-16(10-7-13)28-18-11-8-15(27-18)12-17-19(24)22-21(26)23(20(17)25)14-4-2-3-5-14/h6-12,14H,2-5H2,1H3,(H,22,24,26)/b17-12+. The lowest BCUT2D eigenvalue weighted by Gasteiger charge is -2.30. The van der Waals surface area contributed by atoms with Gasteiger partial charge in [-0.2, -0.15) is 0 Å². The second kappa shape index (κ2) is 7.67. The Morgan fingerprint density at radius 2 is 1.79 bits per heavy atom. The molecule has 7 heteroatoms. The van der Waals surface area contributed by atoms with Crippen LogP contribution in [0.15, 0.2) is 56.4 Å². The summed E-state index contributed by atoms with van der Waals surface area (Å²) >= 11 is 1.46. The molecule has 2 aliphatic rings. The Bertz CT molecular complexity index is 955. The predicted molar refractivity (Wildman–Crippen MR) is 105 cm³/mol. The fourth-order valence-corrected chi connectivity index (χ4v) is 4.28. The lowest BCUT2D eigenvalue weighted by Crippen LogP contribution is -2.57. The molecular formula is C21H20N2O4S. The van der Waals surface area contributed by atoms with Crippen molar-refractivity contribution in [2.24, 2.45) is 0 Å². The highest BCUT2D eigenvalue weighted by atomic mass is 32.2. The van der Waals surface area contributed by atoms with Crippen molar-refractivity contribution >= 4 is 35.7 Å². The van der Waals surface area contributed by atoms with E-state index in [9.17, 15) is 14.4 Å². The van der Waals surface area contributed by atoms with Crippen molar-refractivity contribution in [1.29, 1.82) is 0 Å². The molecule has 2 fully saturated rings. The van der Waals surface area contributed by atoms with Gasteiger partial charge in [0.05, 0.1) is 0 Å². The molecule has 4 rings (SSSR count). The summed E-state index contributed by atoms with van der Waals surface area (Å²) in [4.78, 5) is 39.4. The number of barbiturate groups is 1. The van der Waals surface area contributed by atoms with Gasteiger partial charge in [-0.1, -0.05) is 42.3 Å². The lowest BCUT2D eigenvalue weighted by atomic mass is 10.1. The van der Waals surface area contributed by atoms with Crippen LogP contribution in [0.2, 0.25) is 0 Å². The molecule has 1 saturated carbocycles. The number of carbonyl (C=O) groups excluding carboxylic acids is 3. The number of rotatable bonds is 4. The number of hydrogen-bond donors (Lipinski definition) is 1. The molecule has 0 spiro atoms. The number of furan rings is 1. The van der Waals surface area contributed by atoms with Crippen molar-refractivity contribution in [3.8, 4) is 0 Å². The lowest BCUT2D eigenvalue weighted by molar-refractivity contribution is -0.131. The van der Waals surface area contributed by atoms with E-state index < -0.39 is 17.8 Å². The molecule has 1 N–H and O–H groups in total. The molecule has 0 atom stereocenters. The predicted octanol–water partition coefficient (Wildman–Crippen LogP) is 4.14. The summed E-state index contributed by atoms with van der Waals surface area (Å²) < 4.78 is 5.76. The van der Waals surface area contributed by atoms with Crippen LogP contribution < -0.4 is 5.32 Å². The van der Waals surface area contributed by atoms with Crippen molar-refractivity contribution < 1.29 is 18.8 Å². The van der Waals surface area contributed by atoms with E-state index >= 15 is 0 Å². The maximum absolute atomic E-state index is 12.8. The van der Waals surface area contributed by atoms with Gasteiger partial charge in [-0.15, -0.1) is 0 Å². The number of carbonyl (C=O) groups is 3. The second-order valence-electron chi connectivity index (χ2n) is 7.00. The number of amides is 4. The van der Waals surface area contributed by atoms with E-state index in [-0.39, 0.29) is 11.6 Å². The Labute approximate surface area is 167 Å². The van der Waals surface area contributed by atoms with E-state index in [1.165, 1.54) is 28.3 Å². The van der Waals surface area contributed by atoms with Crippen LogP contribution in [0.4, 0.5) is 4.79 Å². The molecule has 1 aliphatic heterocycles. The molecule has 28 heavy (non-hydrogen) atoms. The van der Waals surface area contributed by atoms with Gasteiger partial charge in [0.25, 0.3) is 11.8 Å². The van der Waals surface area contributed by atoms with Gasteiger partial charge in [-0.05, 0) is 50.1 Å². The van der Waals surface area contributed by atoms with Gasteiger partial charge in [-0.25, -0.2) is 4.79 Å². The first-order chi connectivity index (χ1) is 13.5. The van der Waals surface area contributed by atoms with Crippen LogP contribution in [0.25, 0.3) is 6.08 Å². The first-order valence-corrected chi connectivity index (χ1v) is 10.1. The molecule has 4 amide bonds. The quantitative estimate of drug-likeness (QED) is 0.621. The van der Waals surface area contributed by atoms with Gasteiger partial charge in [0.15, 0.2) is 5.09 Å². The molecular weight excluding hydrogens is 376 g/mol. The Kier molecular flexibility index (Phi) is 5.09. The first kappa shape index (κ1) is 18.6. The summed E-state index contributed by atoms with van der Waals surface area (Å²) in [5.41, 5.74) is 1.10. The highest BCUT2D eigenvalue weighted by Gasteiger charge is 2.40. The van der Waals surface area contributed by atoms with Crippen LogP contribution in [0.5, 0.6) is 0 Å². The number of nitrogens with zero attached hydrogens (tertiary/aromatic N) is 1. The smallest absolute Gasteiger partial charge is 0.331 e. The number of imide groups is 2. The minimum Gasteiger partial charge on any atom is -0.450 e. The Hall–Kier alpha value is -2.80. The van der Waals surface area contributed by atoms with E-state index in [0.29, 0.717) is 10.9 Å². The average Bonchev–Trinajstić information content (AvgIpc) is 3.33. The third-order valence-electron chi connectivity index (χ3n) is 4.95. The molecule has 0 bridgehead atoms. The van der Waals surface area contributed by atoms with E-state index in [4.69, 9.17) is 4.42 Å². The number of urea groups is 1. The van der Waals surface area contributed by atoms with Gasteiger partial charge < -0.3 is 4.42 Å². The van der Waals surface area contributed by atoms with Crippen LogP contribution in [-0.2, 0) is 9.59 Å². The topological polar surface area (TPSA) is 79.6 Å². The average molecular weight is 396 g/mol. The van der Waals surface area contributed by atoms with Crippen molar-refractivity contribution in [2.45, 2.75) is 48.6 Å². The highest BCUT2D eigenvalue weighted by Crippen LogP contribution is 2.31. The molecule has 144 valence electrons. The number of nitrogens with one attached hydrogen (secondary N) is 1. The van der Waals surface area contributed by atoms with Crippen LogP contribution in [0, 0.1) is 6.92 Å². The molecule has 1 saturated heterocycles. The Morgan fingerprint density at radius 3 is 2.50 bits per heavy atom. The van der Waals surface area contributed by atoms with Gasteiger partial charge in [0, 0.05) is 10.9 Å². The van der Waals surface area contributed by atoms with Crippen LogP contribution in [0.1, 0.15) is 37.0 Å². The van der Waals surface area contributed by atoms with E-state index in [0.717, 1.165) is 30.6 Å². The fourth-order valence-electron chi connectivity index (χ4n) is 3.50. The summed E-state index contributed by atoms with van der Waals surface area (Å²) in [5, 5.41) is 2.93. The zero-order valence-corrected chi connectivity index (χ0v) is 16.3. The number of hydrogen-bond acceptors (Lipinski definition) is 5. The van der Waals surface area contributed by atoms with Crippen molar-refractivity contribution in [3.63, 3.8) is 0 Å². The molecule has 1 aromatic heterocycles. The maximum Gasteiger partial charge on any atom is 0.331 e. The third-order valence-corrected chi connectivity index (χ3v) is 5.88. The molecule has 6 nitrogen and oxygen atoms in total. The van der Waals surface area contributed by atoms with E-state index in [1.54, 1.807) is 12.1 Å². The third kappa shape index (κ3) is 3.75. The first-order valence-electron chi connectivity index (χ1n) is 9.26. The van der Waals surface area contributed by atoms with Crippen molar-refractivity contribution in [1.82, 2.24) is 10.2 Å². The minimum absolute atomic E-state index is 0.0762. The number of aryl methyl sites for hydroxylation is 1. The molecule has 1 aromatic carbocycles. The summed E-state index contributed by atoms with van der Waals surface area (Å²) in [6.07, 6.45) is 4.92. The van der Waals surface area contributed by atoms with Gasteiger partial charge in [0.1, 0.15) is 11.3 Å². The van der Waals surface area contributed by atoms with E-state index in [2.05, 4.69) is 5.32 Å². The maximum atomic E-state index is 12.8. The fraction of sp³-hybridized carbons (Fsp3) is 0.286. The van der Waals surface area contributed by atoms with E-state index in [1.807, 2.05) is 31.2 Å². The molecule has 0 unspecified atom stereocenters. The SMILES string of the molecule is Cc1ccc(Sc2ccc(/C=C3\C(=O)NC(=O)N(C4CCCC4)C3=O)o2)cc1. The normalized spacial score (nSPS) is 19.5. The minimum atomic E-state index is -0.687. The summed E-state index contributed by atoms with van der Waals surface area (Å²) in [6.45, 7) is 2.03. The van der Waals surface area contributed by atoms with Gasteiger partial charge in [0.2, 0.25) is 0 Å². The summed E-state index contributed by atoms with van der Waals surface area (Å²) in [6, 6.07) is 10.8. The van der Waals surface area contributed by atoms with Crippen LogP contribution >= 0.6 is 11.8 Å². The molecule has 2 aromatic rings. The van der Waals surface area contributed by atoms with Crippen molar-refractivity contribution in [2.75, 3.05) is 0 Å². The zero-order valence-electron chi connectivity index (χ0n) is 15.4. The summed E-state index contributed by atoms with van der Waals surface area (Å²) in [5.74, 6) is -0.841. The highest BCUT2D eigenvalue weighted by molar-refractivity contribution is 7.99. The Morgan fingerprint density at radius 1 is 1.07 bits per heavy atom. The zero-order chi connectivity index (χ0) is 19.7. The van der Waals surface area contributed by atoms with Crippen LogP contribution in [0.3, 0.4) is 0 Å². The van der Waals surface area contributed by atoms with Gasteiger partial charge in [-0.3, -0.25) is 19.8 Å². The largest absolute Gasteiger partial charge is 0.450 e. The Balaban J connectivity index is 1.54. The molecule has 0 radical (unpaired) electrons. The summed E-state index contributed by atoms with van der Waals surface area (Å²) in [7, 11) is 0. The van der Waals surface area contributed by atoms with Gasteiger partial charge >= 0.3 is 6.03 Å². The van der Waals surface area contributed by atoms with Crippen LogP contribution in [-0.4, -0.2) is 28.8 Å². The number of benzene rings is 1.